The smallest absolute Gasteiger partial charge is 0.196 e. The van der Waals surface area contributed by atoms with E-state index in [0.717, 1.165) is 56.7 Å². The number of piperazine rings is 1. The van der Waals surface area contributed by atoms with Gasteiger partial charge >= 0.3 is 0 Å². The third kappa shape index (κ3) is 7.14. The van der Waals surface area contributed by atoms with Crippen LogP contribution in [0.1, 0.15) is 25.0 Å². The molecule has 32 heavy (non-hydrogen) atoms. The number of nitrogens with zero attached hydrogens (tertiary/aromatic N) is 3. The molecule has 0 radical (unpaired) electrons. The van der Waals surface area contributed by atoms with E-state index in [1.54, 1.807) is 7.11 Å². The van der Waals surface area contributed by atoms with Gasteiger partial charge in [0.25, 0.3) is 0 Å². The quantitative estimate of drug-likeness (QED) is 0.461. The molecule has 2 N–H and O–H groups in total. The fourth-order valence-corrected chi connectivity index (χ4v) is 3.65. The Kier molecular flexibility index (Phi) is 9.19. The van der Waals surface area contributed by atoms with Crippen molar-refractivity contribution < 1.29 is 9.47 Å². The van der Waals surface area contributed by atoms with Gasteiger partial charge in [-0.05, 0) is 44.2 Å². The largest absolute Gasteiger partial charge is 0.493 e. The SMILES string of the molecule is CCNC(=NCc1ccc(CN2CCN(C)CC2)cc1)Nc1ccc(OCC)c(OC)c1. The summed E-state index contributed by atoms with van der Waals surface area (Å²) in [7, 11) is 3.84. The second-order valence-electron chi connectivity index (χ2n) is 8.01. The fourth-order valence-electron chi connectivity index (χ4n) is 3.65. The minimum Gasteiger partial charge on any atom is -0.493 e. The molecule has 0 spiro atoms. The average Bonchev–Trinajstić information content (AvgIpc) is 2.81. The molecule has 0 atom stereocenters. The summed E-state index contributed by atoms with van der Waals surface area (Å²) in [6.07, 6.45) is 0. The first-order valence-corrected chi connectivity index (χ1v) is 11.5. The summed E-state index contributed by atoms with van der Waals surface area (Å²) in [6.45, 7) is 11.6. The number of aliphatic imine (C=N–C) groups is 1. The Morgan fingerprint density at radius 1 is 0.969 bits per heavy atom. The molecule has 0 aromatic heterocycles. The van der Waals surface area contributed by atoms with Crippen LogP contribution in [0.3, 0.4) is 0 Å². The lowest BCUT2D eigenvalue weighted by molar-refractivity contribution is 0.148. The molecule has 0 saturated carbocycles. The molecule has 0 unspecified atom stereocenters. The highest BCUT2D eigenvalue weighted by Gasteiger charge is 2.13. The third-order valence-corrected chi connectivity index (χ3v) is 5.52. The van der Waals surface area contributed by atoms with Gasteiger partial charge in [-0.3, -0.25) is 4.90 Å². The second kappa shape index (κ2) is 12.3. The first-order chi connectivity index (χ1) is 15.6. The molecule has 2 aromatic rings. The van der Waals surface area contributed by atoms with Crippen LogP contribution in [0.4, 0.5) is 5.69 Å². The highest BCUT2D eigenvalue weighted by Crippen LogP contribution is 2.30. The van der Waals surface area contributed by atoms with Gasteiger partial charge in [0, 0.05) is 51.0 Å². The molecule has 1 heterocycles. The first-order valence-electron chi connectivity index (χ1n) is 11.5. The minimum atomic E-state index is 0.599. The first kappa shape index (κ1) is 23.9. The van der Waals surface area contributed by atoms with Crippen LogP contribution < -0.4 is 20.1 Å². The van der Waals surface area contributed by atoms with Crippen LogP contribution in [0.15, 0.2) is 47.5 Å². The zero-order chi connectivity index (χ0) is 22.8. The minimum absolute atomic E-state index is 0.599. The molecule has 3 rings (SSSR count). The third-order valence-electron chi connectivity index (χ3n) is 5.52. The van der Waals surface area contributed by atoms with E-state index in [4.69, 9.17) is 14.5 Å². The van der Waals surface area contributed by atoms with Gasteiger partial charge < -0.3 is 25.0 Å². The number of rotatable bonds is 9. The van der Waals surface area contributed by atoms with Crippen LogP contribution in [0.2, 0.25) is 0 Å². The number of hydrogen-bond donors (Lipinski definition) is 2. The summed E-state index contributed by atoms with van der Waals surface area (Å²) in [6, 6.07) is 14.6. The van der Waals surface area contributed by atoms with E-state index in [2.05, 4.69) is 58.7 Å². The zero-order valence-corrected chi connectivity index (χ0v) is 19.9. The topological polar surface area (TPSA) is 61.4 Å². The van der Waals surface area contributed by atoms with E-state index in [1.165, 1.54) is 11.1 Å². The Morgan fingerprint density at radius 3 is 2.34 bits per heavy atom. The van der Waals surface area contributed by atoms with Crippen molar-refractivity contribution in [1.82, 2.24) is 15.1 Å². The lowest BCUT2D eigenvalue weighted by atomic mass is 10.1. The van der Waals surface area contributed by atoms with Crippen molar-refractivity contribution >= 4 is 11.6 Å². The molecular formula is C25H37N5O2. The van der Waals surface area contributed by atoms with Gasteiger partial charge in [0.05, 0.1) is 20.3 Å². The van der Waals surface area contributed by atoms with Gasteiger partial charge in [0.2, 0.25) is 0 Å². The summed E-state index contributed by atoms with van der Waals surface area (Å²) in [5.41, 5.74) is 3.44. The van der Waals surface area contributed by atoms with Crippen LogP contribution in [0, 0.1) is 0 Å². The lowest BCUT2D eigenvalue weighted by Gasteiger charge is -2.32. The van der Waals surface area contributed by atoms with Crippen molar-refractivity contribution in [2.45, 2.75) is 26.9 Å². The maximum absolute atomic E-state index is 5.60. The van der Waals surface area contributed by atoms with Gasteiger partial charge in [0.15, 0.2) is 17.5 Å². The summed E-state index contributed by atoms with van der Waals surface area (Å²) < 4.78 is 11.0. The molecular weight excluding hydrogens is 402 g/mol. The molecule has 1 saturated heterocycles. The number of benzene rings is 2. The number of hydrogen-bond acceptors (Lipinski definition) is 5. The second-order valence-corrected chi connectivity index (χ2v) is 8.01. The molecule has 2 aromatic carbocycles. The van der Waals surface area contributed by atoms with E-state index >= 15 is 0 Å². The van der Waals surface area contributed by atoms with Gasteiger partial charge in [-0.2, -0.15) is 0 Å². The highest BCUT2D eigenvalue weighted by molar-refractivity contribution is 5.93. The van der Waals surface area contributed by atoms with Crippen LogP contribution in [-0.2, 0) is 13.1 Å². The number of anilines is 1. The van der Waals surface area contributed by atoms with Crippen molar-refractivity contribution in [3.8, 4) is 11.5 Å². The predicted octanol–water partition coefficient (Wildman–Crippen LogP) is 3.42. The van der Waals surface area contributed by atoms with Crippen molar-refractivity contribution in [3.63, 3.8) is 0 Å². The highest BCUT2D eigenvalue weighted by atomic mass is 16.5. The number of nitrogens with one attached hydrogen (secondary N) is 2. The van der Waals surface area contributed by atoms with Crippen LogP contribution >= 0.6 is 0 Å². The van der Waals surface area contributed by atoms with E-state index in [-0.39, 0.29) is 0 Å². The van der Waals surface area contributed by atoms with E-state index in [0.29, 0.717) is 18.9 Å². The van der Waals surface area contributed by atoms with E-state index < -0.39 is 0 Å². The summed E-state index contributed by atoms with van der Waals surface area (Å²) in [5, 5.41) is 6.66. The van der Waals surface area contributed by atoms with Crippen molar-refractivity contribution in [1.29, 1.82) is 0 Å². The maximum atomic E-state index is 5.60. The Hall–Kier alpha value is -2.77. The van der Waals surface area contributed by atoms with Crippen LogP contribution in [-0.4, -0.2) is 69.2 Å². The van der Waals surface area contributed by atoms with Gasteiger partial charge in [-0.1, -0.05) is 24.3 Å². The monoisotopic (exact) mass is 439 g/mol. The van der Waals surface area contributed by atoms with Gasteiger partial charge in [0.1, 0.15) is 0 Å². The van der Waals surface area contributed by atoms with Crippen LogP contribution in [0.5, 0.6) is 11.5 Å². The molecule has 0 aliphatic carbocycles. The molecule has 1 fully saturated rings. The molecule has 174 valence electrons. The normalized spacial score (nSPS) is 15.4. The molecule has 0 amide bonds. The number of ether oxygens (including phenoxy) is 2. The lowest BCUT2D eigenvalue weighted by Crippen LogP contribution is -2.43. The number of methoxy groups -OCH3 is 1. The Balaban J connectivity index is 1.59. The van der Waals surface area contributed by atoms with Crippen molar-refractivity contribution in [2.75, 3.05) is 58.8 Å². The summed E-state index contributed by atoms with van der Waals surface area (Å²) in [5.74, 6) is 2.17. The molecule has 7 heteroatoms. The van der Waals surface area contributed by atoms with Crippen molar-refractivity contribution in [3.05, 3.63) is 53.6 Å². The van der Waals surface area contributed by atoms with Crippen molar-refractivity contribution in [2.24, 2.45) is 4.99 Å². The Labute approximate surface area is 192 Å². The van der Waals surface area contributed by atoms with E-state index in [1.807, 2.05) is 25.1 Å². The van der Waals surface area contributed by atoms with Gasteiger partial charge in [-0.25, -0.2) is 4.99 Å². The molecule has 0 bridgehead atoms. The molecule has 1 aliphatic heterocycles. The zero-order valence-electron chi connectivity index (χ0n) is 19.9. The Bertz CT molecular complexity index is 861. The Morgan fingerprint density at radius 2 is 1.69 bits per heavy atom. The number of likely N-dealkylation sites (N-methyl/N-ethyl adjacent to an activating group) is 1. The summed E-state index contributed by atoms with van der Waals surface area (Å²) >= 11 is 0. The average molecular weight is 440 g/mol. The fraction of sp³-hybridized carbons (Fsp3) is 0.480. The molecule has 7 nitrogen and oxygen atoms in total. The molecule has 1 aliphatic rings. The predicted molar refractivity (Wildman–Crippen MR) is 132 cm³/mol. The standard InChI is InChI=1S/C25H37N5O2/c1-5-26-25(28-22-11-12-23(32-6-2)24(17-22)31-4)27-18-20-7-9-21(10-8-20)19-30-15-13-29(3)14-16-30/h7-12,17H,5-6,13-16,18-19H2,1-4H3,(H2,26,27,28). The van der Waals surface area contributed by atoms with Crippen LogP contribution in [0.25, 0.3) is 0 Å². The maximum Gasteiger partial charge on any atom is 0.196 e. The number of guanidine groups is 1. The van der Waals surface area contributed by atoms with Gasteiger partial charge in [-0.15, -0.1) is 0 Å². The summed E-state index contributed by atoms with van der Waals surface area (Å²) in [4.78, 5) is 9.66. The van der Waals surface area contributed by atoms with E-state index in [9.17, 15) is 0 Å².